The summed E-state index contributed by atoms with van der Waals surface area (Å²) in [6.07, 6.45) is 3.95. The minimum absolute atomic E-state index is 0.204. The maximum Gasteiger partial charge on any atom is 0.238 e. The molecule has 3 aromatic carbocycles. The molecule has 1 amide bonds. The van der Waals surface area contributed by atoms with Gasteiger partial charge in [0.1, 0.15) is 23.0 Å². The fraction of sp³-hybridized carbons (Fsp3) is 0.182. The zero-order valence-corrected chi connectivity index (χ0v) is 23.2. The number of nitrogens with zero attached hydrogens (tertiary/aromatic N) is 1. The number of amides is 1. The third-order valence-electron chi connectivity index (χ3n) is 8.53. The zero-order chi connectivity index (χ0) is 28.3. The van der Waals surface area contributed by atoms with Crippen LogP contribution in [0.15, 0.2) is 90.3 Å². The fourth-order valence-corrected chi connectivity index (χ4v) is 7.56. The van der Waals surface area contributed by atoms with Gasteiger partial charge < -0.3 is 19.7 Å². The Labute approximate surface area is 241 Å². The number of hydrogen-bond acceptors (Lipinski definition) is 7. The van der Waals surface area contributed by atoms with E-state index in [2.05, 4.69) is 5.32 Å². The predicted octanol–water partition coefficient (Wildman–Crippen LogP) is 5.62. The van der Waals surface area contributed by atoms with E-state index in [1.54, 1.807) is 24.3 Å². The van der Waals surface area contributed by atoms with Gasteiger partial charge in [-0.1, -0.05) is 54.6 Å². The van der Waals surface area contributed by atoms with E-state index < -0.39 is 23.4 Å². The van der Waals surface area contributed by atoms with E-state index in [0.29, 0.717) is 27.6 Å². The van der Waals surface area contributed by atoms with Crippen LogP contribution in [0.3, 0.4) is 0 Å². The van der Waals surface area contributed by atoms with Gasteiger partial charge in [-0.15, -0.1) is 11.3 Å². The van der Waals surface area contributed by atoms with Crippen molar-refractivity contribution in [2.24, 2.45) is 5.92 Å². The van der Waals surface area contributed by atoms with E-state index in [1.807, 2.05) is 77.0 Å². The van der Waals surface area contributed by atoms with Gasteiger partial charge in [0.05, 0.1) is 36.6 Å². The van der Waals surface area contributed by atoms with Gasteiger partial charge in [-0.2, -0.15) is 0 Å². The number of hydrogen-bond donors (Lipinski definition) is 1. The van der Waals surface area contributed by atoms with E-state index in [9.17, 15) is 9.59 Å². The molecular weight excluding hydrogens is 536 g/mol. The molecule has 0 radical (unpaired) electrons. The van der Waals surface area contributed by atoms with Crippen molar-refractivity contribution < 1.29 is 23.9 Å². The third-order valence-corrected chi connectivity index (χ3v) is 9.41. The molecule has 7 nitrogen and oxygen atoms in total. The van der Waals surface area contributed by atoms with Crippen molar-refractivity contribution in [3.8, 4) is 11.5 Å². The molecule has 1 spiro atoms. The Morgan fingerprint density at radius 1 is 0.927 bits per heavy atom. The van der Waals surface area contributed by atoms with Gasteiger partial charge >= 0.3 is 0 Å². The molecule has 4 heterocycles. The first-order valence-corrected chi connectivity index (χ1v) is 14.2. The molecule has 7 rings (SSSR count). The first-order valence-electron chi connectivity index (χ1n) is 13.3. The van der Waals surface area contributed by atoms with Crippen LogP contribution in [0.5, 0.6) is 11.5 Å². The lowest BCUT2D eigenvalue weighted by Crippen LogP contribution is -2.51. The Hall–Kier alpha value is -4.69. The number of ether oxygens (including phenoxy) is 2. The maximum atomic E-state index is 15.0. The summed E-state index contributed by atoms with van der Waals surface area (Å²) in [5.41, 5.74) is 1.94. The molecule has 0 unspecified atom stereocenters. The van der Waals surface area contributed by atoms with Crippen molar-refractivity contribution in [3.63, 3.8) is 0 Å². The first kappa shape index (κ1) is 25.3. The second-order valence-corrected chi connectivity index (χ2v) is 11.3. The molecular formula is C33H26N2O5S. The Balaban J connectivity index is 1.55. The number of para-hydroxylation sites is 2. The molecule has 0 saturated carbocycles. The van der Waals surface area contributed by atoms with Crippen LogP contribution in [-0.2, 0) is 10.2 Å². The monoisotopic (exact) mass is 562 g/mol. The second kappa shape index (κ2) is 9.45. The zero-order valence-electron chi connectivity index (χ0n) is 22.4. The highest BCUT2D eigenvalue weighted by molar-refractivity contribution is 7.12. The van der Waals surface area contributed by atoms with Gasteiger partial charge in [-0.25, -0.2) is 0 Å². The predicted molar refractivity (Wildman–Crippen MR) is 158 cm³/mol. The summed E-state index contributed by atoms with van der Waals surface area (Å²) < 4.78 is 11.1. The van der Waals surface area contributed by atoms with E-state index in [4.69, 9.17) is 9.47 Å². The van der Waals surface area contributed by atoms with E-state index in [-0.39, 0.29) is 23.0 Å². The number of carbonyl (C=O) groups excluding carboxylic acids is 3. The molecule has 4 aromatic rings. The summed E-state index contributed by atoms with van der Waals surface area (Å²) in [4.78, 5) is 46.5. The smallest absolute Gasteiger partial charge is 0.238 e. The molecule has 204 valence electrons. The highest BCUT2D eigenvalue weighted by Crippen LogP contribution is 2.58. The molecule has 1 fully saturated rings. The molecule has 1 N–H and O–H groups in total. The van der Waals surface area contributed by atoms with Crippen molar-refractivity contribution >= 4 is 46.3 Å². The molecule has 0 bridgehead atoms. The number of fused-ring (bicyclic) bond motifs is 6. The molecule has 3 aliphatic heterocycles. The average Bonchev–Trinajstić information content (AvgIpc) is 3.73. The number of carbonyl (C=O) groups is 3. The third kappa shape index (κ3) is 3.47. The molecule has 3 aliphatic rings. The van der Waals surface area contributed by atoms with Gasteiger partial charge in [-0.05, 0) is 52.9 Å². The number of methoxy groups -OCH3 is 2. The Morgan fingerprint density at radius 2 is 1.73 bits per heavy atom. The number of nitrogens with one attached hydrogen (secondary N) is 1. The standard InChI is InChI=1S/C33H26N2O5S/c1-39-20-14-15-25(40-2)21(18-20)30(36)28-29(31(37)26-12-7-17-41-26)35-24-11-6-3-8-19(24)13-16-27(35)33(28)22-9-4-5-10-23(22)34-32(33)38/h3-18,27-29H,1-2H3,(H,34,38)/t27-,28+,29-,33+/m1/s1. The minimum Gasteiger partial charge on any atom is -0.497 e. The summed E-state index contributed by atoms with van der Waals surface area (Å²) in [7, 11) is 3.02. The van der Waals surface area contributed by atoms with Crippen molar-refractivity contribution in [1.29, 1.82) is 0 Å². The number of Topliss-reactive ketones (excluding diaryl/α,β-unsaturated/α-hetero) is 2. The van der Waals surface area contributed by atoms with Crippen LogP contribution in [0.2, 0.25) is 0 Å². The largest absolute Gasteiger partial charge is 0.497 e. The van der Waals surface area contributed by atoms with Crippen LogP contribution in [0.1, 0.15) is 31.2 Å². The van der Waals surface area contributed by atoms with Gasteiger partial charge in [0, 0.05) is 11.4 Å². The lowest BCUT2D eigenvalue weighted by Gasteiger charge is -2.37. The number of ketones is 2. The number of anilines is 2. The number of rotatable bonds is 6. The van der Waals surface area contributed by atoms with Crippen molar-refractivity contribution in [2.45, 2.75) is 17.5 Å². The van der Waals surface area contributed by atoms with Crippen LogP contribution < -0.4 is 19.7 Å². The van der Waals surface area contributed by atoms with E-state index >= 15 is 4.79 Å². The lowest BCUT2D eigenvalue weighted by atomic mass is 9.64. The first-order chi connectivity index (χ1) is 20.0. The summed E-state index contributed by atoms with van der Waals surface area (Å²) in [5.74, 6) is -1.13. The fourth-order valence-electron chi connectivity index (χ4n) is 6.86. The molecule has 1 saturated heterocycles. The van der Waals surface area contributed by atoms with E-state index in [1.165, 1.54) is 25.6 Å². The van der Waals surface area contributed by atoms with Crippen molar-refractivity contribution in [2.75, 3.05) is 24.4 Å². The highest BCUT2D eigenvalue weighted by atomic mass is 32.1. The summed E-state index contributed by atoms with van der Waals surface area (Å²) in [6.45, 7) is 0. The quantitative estimate of drug-likeness (QED) is 0.307. The molecule has 1 aromatic heterocycles. The second-order valence-electron chi connectivity index (χ2n) is 10.3. The molecule has 8 heteroatoms. The summed E-state index contributed by atoms with van der Waals surface area (Å²) >= 11 is 1.33. The Kier molecular flexibility index (Phi) is 5.83. The van der Waals surface area contributed by atoms with Crippen molar-refractivity contribution in [3.05, 3.63) is 112 Å². The van der Waals surface area contributed by atoms with E-state index in [0.717, 1.165) is 11.3 Å². The topological polar surface area (TPSA) is 84.9 Å². The highest BCUT2D eigenvalue weighted by Gasteiger charge is 2.70. The van der Waals surface area contributed by atoms with Gasteiger partial charge in [0.15, 0.2) is 11.6 Å². The SMILES string of the molecule is COc1ccc(OC)c(C(=O)[C@@H]2[C@H](C(=O)c3cccs3)N3c4ccccc4C=C[C@@H]3[C@]23C(=O)Nc2ccccc23)c1. The normalized spacial score (nSPS) is 23.5. The van der Waals surface area contributed by atoms with Crippen molar-refractivity contribution in [1.82, 2.24) is 0 Å². The average molecular weight is 563 g/mol. The molecule has 0 aliphatic carbocycles. The van der Waals surface area contributed by atoms with Gasteiger partial charge in [0.25, 0.3) is 0 Å². The van der Waals surface area contributed by atoms with Crippen LogP contribution in [0.4, 0.5) is 11.4 Å². The summed E-state index contributed by atoms with van der Waals surface area (Å²) in [5, 5.41) is 4.90. The van der Waals surface area contributed by atoms with Crippen LogP contribution >= 0.6 is 11.3 Å². The van der Waals surface area contributed by atoms with Crippen LogP contribution in [-0.4, -0.2) is 43.8 Å². The summed E-state index contributed by atoms with van der Waals surface area (Å²) in [6, 6.07) is 22.3. The molecule has 4 atom stereocenters. The lowest BCUT2D eigenvalue weighted by molar-refractivity contribution is -0.121. The van der Waals surface area contributed by atoms with Crippen LogP contribution in [0.25, 0.3) is 6.08 Å². The maximum absolute atomic E-state index is 15.0. The van der Waals surface area contributed by atoms with Gasteiger partial charge in [-0.3, -0.25) is 14.4 Å². The molecule has 41 heavy (non-hydrogen) atoms. The minimum atomic E-state index is -1.39. The van der Waals surface area contributed by atoms with Gasteiger partial charge in [0.2, 0.25) is 5.91 Å². The Bertz CT molecular complexity index is 1750. The number of benzene rings is 3. The van der Waals surface area contributed by atoms with Crippen LogP contribution in [0, 0.1) is 5.92 Å². The Morgan fingerprint density at radius 3 is 2.51 bits per heavy atom. The number of thiophene rings is 1.